The highest BCUT2D eigenvalue weighted by Crippen LogP contribution is 2.27. The molecule has 0 spiro atoms. The number of carbonyl (C=O) groups is 1. The first kappa shape index (κ1) is 12.7. The predicted molar refractivity (Wildman–Crippen MR) is 72.7 cm³/mol. The number of aryl methyl sites for hydroxylation is 3. The SMILES string of the molecule is COC(=O)CCc1c(C)n(C)c2ccc(C)cc12. The van der Waals surface area contributed by atoms with Crippen molar-refractivity contribution < 1.29 is 9.53 Å². The Morgan fingerprint density at radius 2 is 2.06 bits per heavy atom. The summed E-state index contributed by atoms with van der Waals surface area (Å²) < 4.78 is 6.89. The lowest BCUT2D eigenvalue weighted by Gasteiger charge is -2.02. The minimum Gasteiger partial charge on any atom is -0.469 e. The van der Waals surface area contributed by atoms with Crippen molar-refractivity contribution in [3.05, 3.63) is 35.0 Å². The molecule has 96 valence electrons. The van der Waals surface area contributed by atoms with Crippen molar-refractivity contribution in [1.82, 2.24) is 4.57 Å². The zero-order chi connectivity index (χ0) is 13.3. The minimum absolute atomic E-state index is 0.154. The Morgan fingerprint density at radius 3 is 2.72 bits per heavy atom. The van der Waals surface area contributed by atoms with Gasteiger partial charge in [0.2, 0.25) is 0 Å². The Labute approximate surface area is 107 Å². The van der Waals surface area contributed by atoms with Gasteiger partial charge in [0.1, 0.15) is 0 Å². The molecule has 0 aliphatic rings. The van der Waals surface area contributed by atoms with Gasteiger partial charge in [0.05, 0.1) is 7.11 Å². The average molecular weight is 245 g/mol. The van der Waals surface area contributed by atoms with Crippen LogP contribution in [0.5, 0.6) is 0 Å². The molecule has 0 aliphatic carbocycles. The Morgan fingerprint density at radius 1 is 1.33 bits per heavy atom. The Bertz CT molecular complexity index is 596. The number of hydrogen-bond acceptors (Lipinski definition) is 2. The van der Waals surface area contributed by atoms with Crippen LogP contribution in [-0.2, 0) is 23.0 Å². The monoisotopic (exact) mass is 245 g/mol. The third-order valence-electron chi connectivity index (χ3n) is 3.59. The molecule has 0 aliphatic heterocycles. The fourth-order valence-corrected chi connectivity index (χ4v) is 2.41. The average Bonchev–Trinajstić information content (AvgIpc) is 2.59. The maximum Gasteiger partial charge on any atom is 0.305 e. The highest BCUT2D eigenvalue weighted by molar-refractivity contribution is 5.86. The van der Waals surface area contributed by atoms with Crippen molar-refractivity contribution in [2.24, 2.45) is 7.05 Å². The van der Waals surface area contributed by atoms with Gasteiger partial charge in [-0.25, -0.2) is 0 Å². The summed E-state index contributed by atoms with van der Waals surface area (Å²) in [6.07, 6.45) is 1.17. The summed E-state index contributed by atoms with van der Waals surface area (Å²) >= 11 is 0. The number of esters is 1. The summed E-state index contributed by atoms with van der Waals surface area (Å²) in [6.45, 7) is 4.19. The molecule has 3 nitrogen and oxygen atoms in total. The number of carbonyl (C=O) groups excluding carboxylic acids is 1. The molecule has 0 bridgehead atoms. The highest BCUT2D eigenvalue weighted by Gasteiger charge is 2.13. The van der Waals surface area contributed by atoms with E-state index in [1.807, 2.05) is 0 Å². The number of fused-ring (bicyclic) bond motifs is 1. The lowest BCUT2D eigenvalue weighted by atomic mass is 10.0. The van der Waals surface area contributed by atoms with Crippen LogP contribution in [0.1, 0.15) is 23.2 Å². The maximum atomic E-state index is 11.3. The van der Waals surface area contributed by atoms with Crippen LogP contribution in [0.4, 0.5) is 0 Å². The van der Waals surface area contributed by atoms with E-state index in [9.17, 15) is 4.79 Å². The minimum atomic E-state index is -0.154. The Hall–Kier alpha value is -1.77. The van der Waals surface area contributed by atoms with Crippen LogP contribution in [0.25, 0.3) is 10.9 Å². The first-order valence-corrected chi connectivity index (χ1v) is 6.16. The number of methoxy groups -OCH3 is 1. The van der Waals surface area contributed by atoms with E-state index in [4.69, 9.17) is 4.74 Å². The molecule has 0 atom stereocenters. The normalized spacial score (nSPS) is 10.9. The summed E-state index contributed by atoms with van der Waals surface area (Å²) in [6, 6.07) is 6.44. The number of nitrogens with zero attached hydrogens (tertiary/aromatic N) is 1. The smallest absolute Gasteiger partial charge is 0.305 e. The Balaban J connectivity index is 2.45. The van der Waals surface area contributed by atoms with E-state index >= 15 is 0 Å². The second-order valence-corrected chi connectivity index (χ2v) is 4.72. The first-order valence-electron chi connectivity index (χ1n) is 6.16. The molecule has 18 heavy (non-hydrogen) atoms. The number of benzene rings is 1. The first-order chi connectivity index (χ1) is 8.54. The second-order valence-electron chi connectivity index (χ2n) is 4.72. The number of aromatic nitrogens is 1. The number of hydrogen-bond donors (Lipinski definition) is 0. The van der Waals surface area contributed by atoms with E-state index in [2.05, 4.69) is 43.7 Å². The zero-order valence-corrected chi connectivity index (χ0v) is 11.4. The molecule has 0 amide bonds. The summed E-state index contributed by atoms with van der Waals surface area (Å²) in [7, 11) is 3.50. The van der Waals surface area contributed by atoms with Crippen LogP contribution in [-0.4, -0.2) is 17.6 Å². The van der Waals surface area contributed by atoms with E-state index in [0.29, 0.717) is 6.42 Å². The molecule has 0 fully saturated rings. The van der Waals surface area contributed by atoms with E-state index in [-0.39, 0.29) is 5.97 Å². The highest BCUT2D eigenvalue weighted by atomic mass is 16.5. The molecule has 0 radical (unpaired) electrons. The predicted octanol–water partition coefficient (Wildman–Crippen LogP) is 2.90. The fourth-order valence-electron chi connectivity index (χ4n) is 2.41. The molecule has 1 aromatic carbocycles. The zero-order valence-electron chi connectivity index (χ0n) is 11.4. The van der Waals surface area contributed by atoms with E-state index in [1.54, 1.807) is 0 Å². The fraction of sp³-hybridized carbons (Fsp3) is 0.400. The molecule has 1 aromatic heterocycles. The largest absolute Gasteiger partial charge is 0.469 e. The van der Waals surface area contributed by atoms with Crippen LogP contribution in [0.2, 0.25) is 0 Å². The van der Waals surface area contributed by atoms with Crippen LogP contribution >= 0.6 is 0 Å². The maximum absolute atomic E-state index is 11.3. The molecule has 0 saturated heterocycles. The molecular weight excluding hydrogens is 226 g/mol. The third kappa shape index (κ3) is 2.13. The molecule has 2 aromatic rings. The summed E-state index contributed by atoms with van der Waals surface area (Å²) in [5.74, 6) is -0.154. The van der Waals surface area contributed by atoms with Gasteiger partial charge in [-0.15, -0.1) is 0 Å². The molecule has 0 saturated carbocycles. The van der Waals surface area contributed by atoms with Crippen molar-refractivity contribution in [2.45, 2.75) is 26.7 Å². The molecule has 0 N–H and O–H groups in total. The van der Waals surface area contributed by atoms with Gasteiger partial charge in [-0.05, 0) is 38.0 Å². The van der Waals surface area contributed by atoms with Gasteiger partial charge in [0.25, 0.3) is 0 Å². The third-order valence-corrected chi connectivity index (χ3v) is 3.59. The molecular formula is C15H19NO2. The van der Waals surface area contributed by atoms with Crippen molar-refractivity contribution in [3.63, 3.8) is 0 Å². The van der Waals surface area contributed by atoms with Gasteiger partial charge in [-0.3, -0.25) is 4.79 Å². The van der Waals surface area contributed by atoms with Gasteiger partial charge < -0.3 is 9.30 Å². The van der Waals surface area contributed by atoms with Gasteiger partial charge in [0, 0.05) is 30.1 Å². The quantitative estimate of drug-likeness (QED) is 0.779. The van der Waals surface area contributed by atoms with Crippen molar-refractivity contribution >= 4 is 16.9 Å². The van der Waals surface area contributed by atoms with Crippen LogP contribution < -0.4 is 0 Å². The van der Waals surface area contributed by atoms with Crippen LogP contribution in [0, 0.1) is 13.8 Å². The van der Waals surface area contributed by atoms with E-state index in [1.165, 1.54) is 34.8 Å². The van der Waals surface area contributed by atoms with Crippen molar-refractivity contribution in [3.8, 4) is 0 Å². The van der Waals surface area contributed by atoms with E-state index in [0.717, 1.165) is 6.42 Å². The summed E-state index contributed by atoms with van der Waals surface area (Å²) in [5.41, 5.74) is 4.94. The molecule has 0 unspecified atom stereocenters. The van der Waals surface area contributed by atoms with Crippen molar-refractivity contribution in [2.75, 3.05) is 7.11 Å². The van der Waals surface area contributed by atoms with Gasteiger partial charge in [-0.1, -0.05) is 11.6 Å². The van der Waals surface area contributed by atoms with Gasteiger partial charge >= 0.3 is 5.97 Å². The van der Waals surface area contributed by atoms with E-state index < -0.39 is 0 Å². The number of ether oxygens (including phenoxy) is 1. The Kier molecular flexibility index (Phi) is 3.41. The standard InChI is InChI=1S/C15H19NO2/c1-10-5-7-14-13(9-10)12(11(2)16(14)3)6-8-15(17)18-4/h5,7,9H,6,8H2,1-4H3. The van der Waals surface area contributed by atoms with Crippen LogP contribution in [0.3, 0.4) is 0 Å². The lowest BCUT2D eigenvalue weighted by Crippen LogP contribution is -2.02. The molecule has 3 heteroatoms. The topological polar surface area (TPSA) is 31.2 Å². The molecule has 2 rings (SSSR count). The molecule has 1 heterocycles. The van der Waals surface area contributed by atoms with Gasteiger partial charge in [-0.2, -0.15) is 0 Å². The second kappa shape index (κ2) is 4.84. The summed E-state index contributed by atoms with van der Waals surface area (Å²) in [5, 5.41) is 1.25. The lowest BCUT2D eigenvalue weighted by molar-refractivity contribution is -0.140. The van der Waals surface area contributed by atoms with Gasteiger partial charge in [0.15, 0.2) is 0 Å². The van der Waals surface area contributed by atoms with Crippen molar-refractivity contribution in [1.29, 1.82) is 0 Å². The van der Waals surface area contributed by atoms with Crippen LogP contribution in [0.15, 0.2) is 18.2 Å². The summed E-state index contributed by atoms with van der Waals surface area (Å²) in [4.78, 5) is 11.3. The number of rotatable bonds is 3.